The van der Waals surface area contributed by atoms with Crippen molar-refractivity contribution in [1.82, 2.24) is 14.5 Å². The fraction of sp³-hybridized carbons (Fsp3) is 0.0625. The summed E-state index contributed by atoms with van der Waals surface area (Å²) in [7, 11) is 0. The summed E-state index contributed by atoms with van der Waals surface area (Å²) in [5.74, 6) is -0.229. The second-order valence-corrected chi connectivity index (χ2v) is 5.61. The normalized spacial score (nSPS) is 10.4. The SMILES string of the molecule is CC(=O)c1cccc(-n2ccc(NC(=O)c3cscn3)cc2=O)n1. The van der Waals surface area contributed by atoms with Crippen molar-refractivity contribution < 1.29 is 9.59 Å². The molecule has 24 heavy (non-hydrogen) atoms. The lowest BCUT2D eigenvalue weighted by Crippen LogP contribution is -2.20. The molecule has 0 atom stereocenters. The van der Waals surface area contributed by atoms with Gasteiger partial charge in [0.25, 0.3) is 11.5 Å². The van der Waals surface area contributed by atoms with Crippen LogP contribution < -0.4 is 10.9 Å². The molecule has 0 bridgehead atoms. The largest absolute Gasteiger partial charge is 0.320 e. The first kappa shape index (κ1) is 15.8. The molecule has 0 spiro atoms. The number of carbonyl (C=O) groups is 2. The standard InChI is InChI=1S/C16H12N4O3S/c1-10(21)12-3-2-4-14(19-12)20-6-5-11(7-15(20)22)18-16(23)13-8-24-9-17-13/h2-9H,1H3,(H,18,23). The van der Waals surface area contributed by atoms with Crippen molar-refractivity contribution in [2.75, 3.05) is 5.32 Å². The van der Waals surface area contributed by atoms with Crippen molar-refractivity contribution in [3.8, 4) is 5.82 Å². The number of nitrogens with one attached hydrogen (secondary N) is 1. The molecule has 0 fully saturated rings. The number of rotatable bonds is 4. The van der Waals surface area contributed by atoms with Gasteiger partial charge in [0.2, 0.25) is 0 Å². The van der Waals surface area contributed by atoms with Crippen LogP contribution in [0.3, 0.4) is 0 Å². The fourth-order valence-electron chi connectivity index (χ4n) is 2.02. The van der Waals surface area contributed by atoms with Gasteiger partial charge in [0.1, 0.15) is 17.2 Å². The number of anilines is 1. The van der Waals surface area contributed by atoms with Crippen molar-refractivity contribution in [2.24, 2.45) is 0 Å². The third-order valence-corrected chi connectivity index (χ3v) is 3.77. The van der Waals surface area contributed by atoms with Crippen LogP contribution in [0.25, 0.3) is 5.82 Å². The zero-order valence-electron chi connectivity index (χ0n) is 12.6. The molecule has 0 aliphatic heterocycles. The summed E-state index contributed by atoms with van der Waals surface area (Å²) in [6, 6.07) is 7.73. The Hall–Kier alpha value is -3.13. The maximum atomic E-state index is 12.3. The number of thiazole rings is 1. The highest BCUT2D eigenvalue weighted by molar-refractivity contribution is 7.07. The summed E-state index contributed by atoms with van der Waals surface area (Å²) in [6.07, 6.45) is 1.49. The molecule has 120 valence electrons. The third-order valence-electron chi connectivity index (χ3n) is 3.18. The van der Waals surface area contributed by atoms with E-state index in [1.807, 2.05) is 0 Å². The average Bonchev–Trinajstić information content (AvgIpc) is 3.09. The molecule has 3 rings (SSSR count). The zero-order chi connectivity index (χ0) is 17.1. The Bertz CT molecular complexity index is 963. The Morgan fingerprint density at radius 2 is 2.04 bits per heavy atom. The molecule has 0 saturated carbocycles. The van der Waals surface area contributed by atoms with E-state index < -0.39 is 0 Å². The van der Waals surface area contributed by atoms with E-state index in [4.69, 9.17) is 0 Å². The molecule has 0 aliphatic carbocycles. The lowest BCUT2D eigenvalue weighted by atomic mass is 10.2. The van der Waals surface area contributed by atoms with Gasteiger partial charge in [0.05, 0.1) is 5.51 Å². The van der Waals surface area contributed by atoms with Gasteiger partial charge >= 0.3 is 0 Å². The van der Waals surface area contributed by atoms with Gasteiger partial charge < -0.3 is 5.32 Å². The first-order chi connectivity index (χ1) is 11.5. The molecule has 0 aromatic carbocycles. The van der Waals surface area contributed by atoms with Crippen LogP contribution >= 0.6 is 11.3 Å². The van der Waals surface area contributed by atoms with Crippen LogP contribution in [0.1, 0.15) is 27.9 Å². The van der Waals surface area contributed by atoms with E-state index in [1.165, 1.54) is 35.1 Å². The summed E-state index contributed by atoms with van der Waals surface area (Å²) >= 11 is 1.31. The molecule has 7 nitrogen and oxygen atoms in total. The molecule has 0 aliphatic rings. The second kappa shape index (κ2) is 6.55. The topological polar surface area (TPSA) is 94.0 Å². The molecule has 0 saturated heterocycles. The lowest BCUT2D eigenvalue weighted by molar-refractivity contribution is 0.100. The molecule has 3 aromatic rings. The van der Waals surface area contributed by atoms with Gasteiger partial charge in [0.15, 0.2) is 5.78 Å². The van der Waals surface area contributed by atoms with Gasteiger partial charge in [-0.2, -0.15) is 0 Å². The van der Waals surface area contributed by atoms with Gasteiger partial charge in [0, 0.05) is 30.3 Å². The maximum Gasteiger partial charge on any atom is 0.275 e. The van der Waals surface area contributed by atoms with E-state index in [2.05, 4.69) is 15.3 Å². The number of pyridine rings is 2. The molecule has 3 heterocycles. The molecular weight excluding hydrogens is 328 g/mol. The van der Waals surface area contributed by atoms with Crippen LogP contribution in [0.5, 0.6) is 0 Å². The minimum absolute atomic E-state index is 0.183. The Morgan fingerprint density at radius 1 is 1.21 bits per heavy atom. The van der Waals surface area contributed by atoms with Crippen molar-refractivity contribution in [3.05, 3.63) is 69.2 Å². The van der Waals surface area contributed by atoms with Crippen molar-refractivity contribution in [1.29, 1.82) is 0 Å². The zero-order valence-corrected chi connectivity index (χ0v) is 13.4. The van der Waals surface area contributed by atoms with Gasteiger partial charge in [-0.3, -0.25) is 19.0 Å². The van der Waals surface area contributed by atoms with Gasteiger partial charge in [-0.25, -0.2) is 9.97 Å². The quantitative estimate of drug-likeness (QED) is 0.734. The first-order valence-electron chi connectivity index (χ1n) is 6.95. The first-order valence-corrected chi connectivity index (χ1v) is 7.89. The minimum Gasteiger partial charge on any atom is -0.320 e. The highest BCUT2D eigenvalue weighted by atomic mass is 32.1. The Morgan fingerprint density at radius 3 is 2.71 bits per heavy atom. The molecule has 8 heteroatoms. The van der Waals surface area contributed by atoms with Crippen molar-refractivity contribution in [2.45, 2.75) is 6.92 Å². The fourth-order valence-corrected chi connectivity index (χ4v) is 2.55. The van der Waals surface area contributed by atoms with Crippen LogP contribution in [0, 0.1) is 0 Å². The van der Waals surface area contributed by atoms with E-state index in [-0.39, 0.29) is 22.9 Å². The summed E-state index contributed by atoms with van der Waals surface area (Å²) < 4.78 is 1.30. The number of nitrogens with zero attached hydrogens (tertiary/aromatic N) is 3. The highest BCUT2D eigenvalue weighted by Crippen LogP contribution is 2.10. The Kier molecular flexibility index (Phi) is 4.30. The van der Waals surface area contributed by atoms with Crippen LogP contribution in [-0.2, 0) is 0 Å². The van der Waals surface area contributed by atoms with Crippen molar-refractivity contribution >= 4 is 28.7 Å². The van der Waals surface area contributed by atoms with E-state index in [0.717, 1.165) is 0 Å². The van der Waals surface area contributed by atoms with Gasteiger partial charge in [-0.1, -0.05) is 6.07 Å². The summed E-state index contributed by atoms with van der Waals surface area (Å²) in [5, 5.41) is 4.23. The number of aromatic nitrogens is 3. The van der Waals surface area contributed by atoms with E-state index in [1.54, 1.807) is 35.2 Å². The second-order valence-electron chi connectivity index (χ2n) is 4.89. The van der Waals surface area contributed by atoms with Gasteiger partial charge in [-0.15, -0.1) is 11.3 Å². The van der Waals surface area contributed by atoms with Crippen LogP contribution in [-0.4, -0.2) is 26.2 Å². The summed E-state index contributed by atoms with van der Waals surface area (Å²) in [6.45, 7) is 1.41. The predicted octanol–water partition coefficient (Wildman–Crippen LogP) is 2.14. The predicted molar refractivity (Wildman–Crippen MR) is 89.9 cm³/mol. The monoisotopic (exact) mass is 340 g/mol. The molecular formula is C16H12N4O3S. The minimum atomic E-state index is -0.384. The number of Topliss-reactive ketones (excluding diaryl/α,β-unsaturated/α-hetero) is 1. The molecule has 0 radical (unpaired) electrons. The van der Waals surface area contributed by atoms with Crippen molar-refractivity contribution in [3.63, 3.8) is 0 Å². The van der Waals surface area contributed by atoms with E-state index >= 15 is 0 Å². The number of hydrogen-bond donors (Lipinski definition) is 1. The smallest absolute Gasteiger partial charge is 0.275 e. The molecule has 3 aromatic heterocycles. The number of ketones is 1. The third kappa shape index (κ3) is 3.28. The number of amides is 1. The summed E-state index contributed by atoms with van der Waals surface area (Å²) in [5.41, 5.74) is 2.11. The molecule has 1 N–H and O–H groups in total. The summed E-state index contributed by atoms with van der Waals surface area (Å²) in [4.78, 5) is 43.7. The average molecular weight is 340 g/mol. The Labute approximate surface area is 140 Å². The van der Waals surface area contributed by atoms with Crippen LogP contribution in [0.15, 0.2) is 52.2 Å². The molecule has 0 unspecified atom stereocenters. The van der Waals surface area contributed by atoms with E-state index in [9.17, 15) is 14.4 Å². The van der Waals surface area contributed by atoms with Crippen LogP contribution in [0.4, 0.5) is 5.69 Å². The highest BCUT2D eigenvalue weighted by Gasteiger charge is 2.10. The number of hydrogen-bond acceptors (Lipinski definition) is 6. The maximum absolute atomic E-state index is 12.3. The Balaban J connectivity index is 1.88. The van der Waals surface area contributed by atoms with Gasteiger partial charge in [-0.05, 0) is 18.2 Å². The van der Waals surface area contributed by atoms with Crippen LogP contribution in [0.2, 0.25) is 0 Å². The number of carbonyl (C=O) groups excluding carboxylic acids is 2. The molecule has 1 amide bonds. The van der Waals surface area contributed by atoms with E-state index in [0.29, 0.717) is 17.2 Å². The lowest BCUT2D eigenvalue weighted by Gasteiger charge is -2.08.